The fourth-order valence-electron chi connectivity index (χ4n) is 10.8. The van der Waals surface area contributed by atoms with E-state index in [-0.39, 0.29) is 5.91 Å². The molecule has 0 atom stereocenters. The van der Waals surface area contributed by atoms with Gasteiger partial charge in [0.25, 0.3) is 5.91 Å². The lowest BCUT2D eigenvalue weighted by atomic mass is 9.93. The zero-order valence-electron chi connectivity index (χ0n) is 56.3. The van der Waals surface area contributed by atoms with Crippen LogP contribution < -0.4 is 19.5 Å². The van der Waals surface area contributed by atoms with Crippen LogP contribution in [0.5, 0.6) is 17.2 Å². The van der Waals surface area contributed by atoms with Gasteiger partial charge in [-0.25, -0.2) is 0 Å². The first-order valence-corrected chi connectivity index (χ1v) is 34.9. The molecule has 17 nitrogen and oxygen atoms in total. The number of benzene rings is 5. The molecule has 91 heavy (non-hydrogen) atoms. The number of rotatable bonds is 65. The smallest absolute Gasteiger partial charge is 0.255 e. The predicted octanol–water partition coefficient (Wildman–Crippen LogP) is 15.4. The van der Waals surface area contributed by atoms with Crippen molar-refractivity contribution in [1.29, 1.82) is 0 Å². The second-order valence-electron chi connectivity index (χ2n) is 23.2. The van der Waals surface area contributed by atoms with Crippen LogP contribution in [0.4, 0.5) is 5.69 Å². The molecular formula is C74H117NO16. The molecule has 0 fully saturated rings. The number of hydrogen-bond donors (Lipinski definition) is 1. The Bertz CT molecular complexity index is 2430. The first-order valence-electron chi connectivity index (χ1n) is 34.9. The molecule has 0 aliphatic rings. The number of amides is 1. The highest BCUT2D eigenvalue weighted by atomic mass is 16.6. The predicted molar refractivity (Wildman–Crippen MR) is 365 cm³/mol. The molecular weight excluding hydrogens is 1160 g/mol. The minimum absolute atomic E-state index is 0.225. The number of carbonyl (C=O) groups excluding carboxylic acids is 1. The van der Waals surface area contributed by atoms with Crippen LogP contribution in [-0.4, -0.2) is 186 Å². The Hall–Kier alpha value is -4.47. The van der Waals surface area contributed by atoms with E-state index in [4.69, 9.17) is 71.1 Å². The summed E-state index contributed by atoms with van der Waals surface area (Å²) in [7, 11) is 5.01. The van der Waals surface area contributed by atoms with Crippen LogP contribution in [0.3, 0.4) is 0 Å². The summed E-state index contributed by atoms with van der Waals surface area (Å²) in [6.07, 6.45) is 26.8. The van der Waals surface area contributed by atoms with Crippen molar-refractivity contribution in [2.75, 3.05) is 185 Å². The van der Waals surface area contributed by atoms with Gasteiger partial charge < -0.3 is 76.4 Å². The summed E-state index contributed by atoms with van der Waals surface area (Å²) in [5.74, 6) is 1.46. The number of carbonyl (C=O) groups is 1. The third-order valence-corrected chi connectivity index (χ3v) is 15.9. The summed E-state index contributed by atoms with van der Waals surface area (Å²) in [6.45, 7) is 14.4. The van der Waals surface area contributed by atoms with E-state index in [9.17, 15) is 4.79 Å². The molecule has 5 aromatic carbocycles. The fraction of sp³-hybridized carbons (Fsp3) is 0.689. The number of hydrogen-bond acceptors (Lipinski definition) is 16. The SMILES string of the molecule is COCCOCCOCCOCCCCCCCCCCOc1cc(C(=O)Nc2ccc3ccc4cccc5ccc2c3c45)cc(OCCCCCCCCCCOCCOCCOCCOC)c1OCCCCCCCCCCOCCOCCOCCOC. The van der Waals surface area contributed by atoms with Crippen LogP contribution in [0.1, 0.15) is 164 Å². The van der Waals surface area contributed by atoms with E-state index in [1.165, 1.54) is 80.4 Å². The van der Waals surface area contributed by atoms with Gasteiger partial charge in [-0.3, -0.25) is 4.79 Å². The summed E-state index contributed by atoms with van der Waals surface area (Å²) in [6, 6.07) is 22.9. The van der Waals surface area contributed by atoms with E-state index in [0.29, 0.717) is 162 Å². The first-order chi connectivity index (χ1) is 45.1. The normalized spacial score (nSPS) is 11.7. The van der Waals surface area contributed by atoms with E-state index in [2.05, 4.69) is 53.8 Å². The molecule has 0 bridgehead atoms. The van der Waals surface area contributed by atoms with Crippen molar-refractivity contribution in [1.82, 2.24) is 0 Å². The van der Waals surface area contributed by atoms with Crippen LogP contribution in [0.2, 0.25) is 0 Å². The van der Waals surface area contributed by atoms with Crippen molar-refractivity contribution < 1.29 is 75.8 Å². The van der Waals surface area contributed by atoms with Crippen molar-refractivity contribution in [2.45, 2.75) is 154 Å². The largest absolute Gasteiger partial charge is 0.490 e. The Kier molecular flexibility index (Phi) is 45.7. The van der Waals surface area contributed by atoms with Gasteiger partial charge in [0, 0.05) is 57.8 Å². The van der Waals surface area contributed by atoms with E-state index in [0.717, 1.165) is 132 Å². The van der Waals surface area contributed by atoms with Crippen LogP contribution >= 0.6 is 0 Å². The molecule has 0 saturated carbocycles. The van der Waals surface area contributed by atoms with Gasteiger partial charge >= 0.3 is 0 Å². The second-order valence-corrected chi connectivity index (χ2v) is 23.2. The zero-order valence-corrected chi connectivity index (χ0v) is 56.3. The maximum atomic E-state index is 14.6. The van der Waals surface area contributed by atoms with Gasteiger partial charge in [0.2, 0.25) is 5.75 Å². The lowest BCUT2D eigenvalue weighted by Crippen LogP contribution is -2.14. The van der Waals surface area contributed by atoms with Crippen molar-refractivity contribution >= 4 is 43.9 Å². The molecule has 1 N–H and O–H groups in total. The van der Waals surface area contributed by atoms with Crippen LogP contribution in [-0.2, 0) is 56.8 Å². The molecule has 17 heteroatoms. The van der Waals surface area contributed by atoms with Gasteiger partial charge in [-0.1, -0.05) is 164 Å². The standard InChI is InChI=1S/C74H117NO16/c1-77-43-46-83-55-58-86-52-49-80-37-22-16-10-4-7-13-19-25-40-89-69-61-66(74(76)75-68-36-34-65-32-31-63-29-28-30-64-33-35-67(68)72(65)71(63)64)62-70(90-41-26-20-14-8-5-11-17-23-38-81-50-53-87-59-56-84-47-44-78-2)73(69)91-42-27-21-15-9-6-12-18-24-39-82-51-54-88-60-57-85-48-45-79-3/h28-36,61-62H,4-27,37-60H2,1-3H3,(H,75,76). The highest BCUT2D eigenvalue weighted by Crippen LogP contribution is 2.41. The Morgan fingerprint density at radius 2 is 0.582 bits per heavy atom. The Morgan fingerprint density at radius 1 is 0.297 bits per heavy atom. The Balaban J connectivity index is 1.11. The third-order valence-electron chi connectivity index (χ3n) is 15.9. The molecule has 5 aromatic rings. The van der Waals surface area contributed by atoms with Gasteiger partial charge in [0.15, 0.2) is 11.5 Å². The van der Waals surface area contributed by atoms with Gasteiger partial charge in [0.1, 0.15) is 0 Å². The van der Waals surface area contributed by atoms with Gasteiger partial charge in [-0.15, -0.1) is 0 Å². The molecule has 0 heterocycles. The van der Waals surface area contributed by atoms with Gasteiger partial charge in [-0.2, -0.15) is 0 Å². The maximum Gasteiger partial charge on any atom is 0.255 e. The minimum atomic E-state index is -0.225. The molecule has 0 spiro atoms. The molecule has 0 aromatic heterocycles. The third kappa shape index (κ3) is 35.0. The van der Waals surface area contributed by atoms with Crippen LogP contribution in [0.25, 0.3) is 32.3 Å². The quantitative estimate of drug-likeness (QED) is 0.0288. The summed E-state index contributed by atoms with van der Waals surface area (Å²) in [5, 5.41) is 10.2. The molecule has 5 rings (SSSR count). The van der Waals surface area contributed by atoms with Crippen molar-refractivity contribution in [3.8, 4) is 17.2 Å². The maximum absolute atomic E-state index is 14.6. The molecule has 0 saturated heterocycles. The van der Waals surface area contributed by atoms with Gasteiger partial charge in [0.05, 0.1) is 139 Å². The molecule has 0 radical (unpaired) electrons. The van der Waals surface area contributed by atoms with Crippen molar-refractivity contribution in [2.24, 2.45) is 0 Å². The van der Waals surface area contributed by atoms with E-state index < -0.39 is 0 Å². The highest BCUT2D eigenvalue weighted by molar-refractivity contribution is 6.26. The number of anilines is 1. The van der Waals surface area contributed by atoms with Crippen LogP contribution in [0.15, 0.2) is 66.7 Å². The minimum Gasteiger partial charge on any atom is -0.490 e. The van der Waals surface area contributed by atoms with E-state index >= 15 is 0 Å². The molecule has 0 aliphatic carbocycles. The summed E-state index contributed by atoms with van der Waals surface area (Å²) in [4.78, 5) is 14.6. The molecule has 0 aliphatic heterocycles. The average Bonchev–Trinajstić information content (AvgIpc) is 0.773. The zero-order chi connectivity index (χ0) is 64.0. The Morgan fingerprint density at radius 3 is 0.945 bits per heavy atom. The number of unbranched alkanes of at least 4 members (excludes halogenated alkanes) is 21. The Labute approximate surface area is 546 Å². The lowest BCUT2D eigenvalue weighted by Gasteiger charge is -2.19. The molecule has 0 unspecified atom stereocenters. The van der Waals surface area contributed by atoms with Crippen molar-refractivity contribution in [3.05, 3.63) is 72.3 Å². The highest BCUT2D eigenvalue weighted by Gasteiger charge is 2.21. The number of nitrogens with one attached hydrogen (secondary N) is 1. The average molecular weight is 1280 g/mol. The number of methoxy groups -OCH3 is 3. The summed E-state index contributed by atoms with van der Waals surface area (Å²) < 4.78 is 85.4. The van der Waals surface area contributed by atoms with E-state index in [1.807, 2.05) is 18.2 Å². The van der Waals surface area contributed by atoms with Gasteiger partial charge in [-0.05, 0) is 83.7 Å². The van der Waals surface area contributed by atoms with Crippen LogP contribution in [0, 0.1) is 0 Å². The first kappa shape index (κ1) is 77.2. The number of ether oxygens (including phenoxy) is 15. The summed E-state index contributed by atoms with van der Waals surface area (Å²) >= 11 is 0. The molecule has 1 amide bonds. The topological polar surface area (TPSA) is 168 Å². The monoisotopic (exact) mass is 1280 g/mol. The molecule has 514 valence electrons. The lowest BCUT2D eigenvalue weighted by molar-refractivity contribution is 0.00323. The van der Waals surface area contributed by atoms with E-state index in [1.54, 1.807) is 21.3 Å². The summed E-state index contributed by atoms with van der Waals surface area (Å²) in [5.41, 5.74) is 1.23. The second kappa shape index (κ2) is 53.9. The van der Waals surface area contributed by atoms with Crippen molar-refractivity contribution in [3.63, 3.8) is 0 Å². The fourth-order valence-corrected chi connectivity index (χ4v) is 10.8.